The summed E-state index contributed by atoms with van der Waals surface area (Å²) < 4.78 is 15.4. The molecule has 5 nitrogen and oxygen atoms in total. The molecule has 0 spiro atoms. The fraction of sp³-hybridized carbons (Fsp3) is 0.0952. The number of benzene rings is 2. The van der Waals surface area contributed by atoms with Crippen molar-refractivity contribution in [3.63, 3.8) is 0 Å². The molecule has 0 aliphatic rings. The Morgan fingerprint density at radius 2 is 2.00 bits per heavy atom. The Bertz CT molecular complexity index is 1190. The van der Waals surface area contributed by atoms with Gasteiger partial charge < -0.3 is 5.32 Å². The molecule has 29 heavy (non-hydrogen) atoms. The van der Waals surface area contributed by atoms with Gasteiger partial charge in [-0.25, -0.2) is 13.9 Å². The molecule has 0 unspecified atom stereocenters. The van der Waals surface area contributed by atoms with Crippen LogP contribution in [0.15, 0.2) is 66.0 Å². The molecule has 2 heterocycles. The van der Waals surface area contributed by atoms with Crippen LogP contribution in [-0.2, 0) is 4.79 Å². The van der Waals surface area contributed by atoms with Crippen molar-refractivity contribution in [2.75, 3.05) is 11.1 Å². The second kappa shape index (κ2) is 8.23. The number of nitrogens with zero attached hydrogens (tertiary/aromatic N) is 3. The molecule has 0 aliphatic carbocycles. The number of aromatic nitrogens is 3. The molecule has 1 N–H and O–H groups in total. The van der Waals surface area contributed by atoms with E-state index < -0.39 is 0 Å². The van der Waals surface area contributed by atoms with Crippen LogP contribution >= 0.6 is 23.4 Å². The van der Waals surface area contributed by atoms with Gasteiger partial charge in [-0.2, -0.15) is 5.10 Å². The van der Waals surface area contributed by atoms with Crippen molar-refractivity contribution in [3.8, 4) is 11.3 Å². The lowest BCUT2D eigenvalue weighted by atomic mass is 10.1. The van der Waals surface area contributed by atoms with Crippen LogP contribution in [0.25, 0.3) is 16.8 Å². The number of thioether (sulfide) groups is 1. The number of carbonyl (C=O) groups excluding carboxylic acids is 1. The Morgan fingerprint density at radius 3 is 2.76 bits per heavy atom. The van der Waals surface area contributed by atoms with E-state index in [9.17, 15) is 9.18 Å². The average Bonchev–Trinajstić information content (AvgIpc) is 3.14. The van der Waals surface area contributed by atoms with Gasteiger partial charge in [0.2, 0.25) is 5.91 Å². The predicted molar refractivity (Wildman–Crippen MR) is 114 cm³/mol. The Kier molecular flexibility index (Phi) is 5.51. The Labute approximate surface area is 175 Å². The van der Waals surface area contributed by atoms with Crippen LogP contribution in [0.3, 0.4) is 0 Å². The summed E-state index contributed by atoms with van der Waals surface area (Å²) in [6, 6.07) is 14.0. The van der Waals surface area contributed by atoms with Crippen molar-refractivity contribution in [3.05, 3.63) is 77.3 Å². The first kappa shape index (κ1) is 19.4. The minimum Gasteiger partial charge on any atom is -0.325 e. The van der Waals surface area contributed by atoms with E-state index in [0.29, 0.717) is 21.3 Å². The van der Waals surface area contributed by atoms with E-state index in [0.717, 1.165) is 16.8 Å². The number of hydrogen-bond acceptors (Lipinski definition) is 4. The quantitative estimate of drug-likeness (QED) is 0.444. The zero-order valence-corrected chi connectivity index (χ0v) is 17.0. The molecule has 0 saturated heterocycles. The number of amides is 1. The maximum Gasteiger partial charge on any atom is 0.234 e. The summed E-state index contributed by atoms with van der Waals surface area (Å²) in [4.78, 5) is 16.6. The molecule has 0 atom stereocenters. The van der Waals surface area contributed by atoms with E-state index in [1.807, 2.05) is 30.3 Å². The summed E-state index contributed by atoms with van der Waals surface area (Å²) in [5, 5.41) is 8.61. The molecule has 0 aliphatic heterocycles. The first-order valence-corrected chi connectivity index (χ1v) is 10.1. The maximum absolute atomic E-state index is 13.6. The summed E-state index contributed by atoms with van der Waals surface area (Å²) in [5.41, 5.74) is 3.49. The van der Waals surface area contributed by atoms with Gasteiger partial charge in [0, 0.05) is 28.7 Å². The minimum atomic E-state index is -0.351. The van der Waals surface area contributed by atoms with Gasteiger partial charge in [-0.15, -0.1) is 0 Å². The van der Waals surface area contributed by atoms with Crippen LogP contribution in [0, 0.1) is 12.7 Å². The molecule has 4 rings (SSSR count). The zero-order valence-electron chi connectivity index (χ0n) is 15.4. The highest BCUT2D eigenvalue weighted by molar-refractivity contribution is 8.00. The summed E-state index contributed by atoms with van der Waals surface area (Å²) in [7, 11) is 0. The van der Waals surface area contributed by atoms with Crippen LogP contribution < -0.4 is 5.32 Å². The first-order valence-electron chi connectivity index (χ1n) is 8.79. The van der Waals surface area contributed by atoms with Crippen molar-refractivity contribution in [2.45, 2.75) is 11.9 Å². The third-order valence-corrected chi connectivity index (χ3v) is 5.54. The highest BCUT2D eigenvalue weighted by atomic mass is 35.5. The van der Waals surface area contributed by atoms with E-state index in [1.165, 1.54) is 17.8 Å². The van der Waals surface area contributed by atoms with E-state index in [1.54, 1.807) is 36.0 Å². The molecule has 8 heteroatoms. The van der Waals surface area contributed by atoms with Crippen molar-refractivity contribution in [2.24, 2.45) is 0 Å². The second-order valence-electron chi connectivity index (χ2n) is 6.40. The smallest absolute Gasteiger partial charge is 0.234 e. The molecule has 1 amide bonds. The van der Waals surface area contributed by atoms with E-state index >= 15 is 0 Å². The largest absolute Gasteiger partial charge is 0.325 e. The topological polar surface area (TPSA) is 59.3 Å². The van der Waals surface area contributed by atoms with Crippen molar-refractivity contribution < 1.29 is 9.18 Å². The number of fused-ring (bicyclic) bond motifs is 1. The van der Waals surface area contributed by atoms with E-state index in [2.05, 4.69) is 15.4 Å². The van der Waals surface area contributed by atoms with Gasteiger partial charge in [0.25, 0.3) is 0 Å². The van der Waals surface area contributed by atoms with Gasteiger partial charge in [-0.3, -0.25) is 4.79 Å². The lowest BCUT2D eigenvalue weighted by molar-refractivity contribution is -0.113. The third-order valence-electron chi connectivity index (χ3n) is 4.29. The number of nitrogens with one attached hydrogen (secondary N) is 1. The van der Waals surface area contributed by atoms with Crippen LogP contribution in [0.2, 0.25) is 5.02 Å². The van der Waals surface area contributed by atoms with Crippen molar-refractivity contribution in [1.82, 2.24) is 14.6 Å². The molecular formula is C21H16ClFN4OS. The highest BCUT2D eigenvalue weighted by Crippen LogP contribution is 2.27. The highest BCUT2D eigenvalue weighted by Gasteiger charge is 2.12. The van der Waals surface area contributed by atoms with Crippen LogP contribution in [0.5, 0.6) is 0 Å². The van der Waals surface area contributed by atoms with Gasteiger partial charge in [0.05, 0.1) is 17.0 Å². The number of halogens is 2. The van der Waals surface area contributed by atoms with Gasteiger partial charge in [0.15, 0.2) is 0 Å². The average molecular weight is 427 g/mol. The molecule has 2 aromatic heterocycles. The molecule has 0 bridgehead atoms. The summed E-state index contributed by atoms with van der Waals surface area (Å²) >= 11 is 7.25. The molecule has 146 valence electrons. The number of rotatable bonds is 5. The number of hydrogen-bond donors (Lipinski definition) is 1. The van der Waals surface area contributed by atoms with E-state index in [-0.39, 0.29) is 17.5 Å². The van der Waals surface area contributed by atoms with Gasteiger partial charge >= 0.3 is 0 Å². The third kappa shape index (κ3) is 4.41. The molecule has 0 saturated carbocycles. The standard InChI is InChI=1S/C21H16ClFN4OS/c1-13-2-7-16(10-17(13)23)25-20(28)12-29-21-19-11-18(26-27(19)9-8-24-21)14-3-5-15(22)6-4-14/h2-11H,12H2,1H3,(H,25,28). The Balaban J connectivity index is 1.49. The number of carbonyl (C=O) groups is 1. The van der Waals surface area contributed by atoms with Crippen molar-refractivity contribution in [1.29, 1.82) is 0 Å². The summed E-state index contributed by atoms with van der Waals surface area (Å²) in [5.74, 6) is -0.445. The minimum absolute atomic E-state index is 0.142. The normalized spacial score (nSPS) is 11.0. The van der Waals surface area contributed by atoms with E-state index in [4.69, 9.17) is 11.6 Å². The SMILES string of the molecule is Cc1ccc(NC(=O)CSc2nccn3nc(-c4ccc(Cl)cc4)cc23)cc1F. The second-order valence-corrected chi connectivity index (χ2v) is 7.80. The lowest BCUT2D eigenvalue weighted by Crippen LogP contribution is -2.14. The fourth-order valence-electron chi connectivity index (χ4n) is 2.77. The van der Waals surface area contributed by atoms with Gasteiger partial charge in [-0.1, -0.05) is 41.6 Å². The van der Waals surface area contributed by atoms with Gasteiger partial charge in [0.1, 0.15) is 10.8 Å². The Hall–Kier alpha value is -2.90. The number of anilines is 1. The molecule has 0 fully saturated rings. The lowest BCUT2D eigenvalue weighted by Gasteiger charge is -2.06. The zero-order chi connectivity index (χ0) is 20.4. The molecule has 0 radical (unpaired) electrons. The number of aryl methyl sites for hydroxylation is 1. The van der Waals surface area contributed by atoms with Crippen molar-refractivity contribution >= 4 is 40.5 Å². The first-order chi connectivity index (χ1) is 14.0. The molecular weight excluding hydrogens is 411 g/mol. The van der Waals surface area contributed by atoms with Crippen LogP contribution in [0.1, 0.15) is 5.56 Å². The monoisotopic (exact) mass is 426 g/mol. The Morgan fingerprint density at radius 1 is 1.21 bits per heavy atom. The van der Waals surface area contributed by atoms with Crippen LogP contribution in [0.4, 0.5) is 10.1 Å². The predicted octanol–water partition coefficient (Wildman–Crippen LogP) is 5.23. The van der Waals surface area contributed by atoms with Crippen LogP contribution in [-0.4, -0.2) is 26.3 Å². The van der Waals surface area contributed by atoms with Gasteiger partial charge in [-0.05, 0) is 42.8 Å². The summed E-state index contributed by atoms with van der Waals surface area (Å²) in [6.45, 7) is 1.67. The fourth-order valence-corrected chi connectivity index (χ4v) is 3.67. The maximum atomic E-state index is 13.6. The summed E-state index contributed by atoms with van der Waals surface area (Å²) in [6.07, 6.45) is 3.40. The molecule has 4 aromatic rings. The molecule has 2 aromatic carbocycles.